The maximum Gasteiger partial charge on any atom is 0.326 e. The molecule has 2 aromatic carbocycles. The molecule has 0 aliphatic carbocycles. The lowest BCUT2D eigenvalue weighted by atomic mass is 10.2. The van der Waals surface area contributed by atoms with E-state index in [1.165, 1.54) is 0 Å². The molecule has 0 atom stereocenters. The molecular formula is C18H13F2N3O2. The van der Waals surface area contributed by atoms with E-state index in [1.807, 2.05) is 40.5 Å². The van der Waals surface area contributed by atoms with Gasteiger partial charge < -0.3 is 9.88 Å². The first-order valence-corrected chi connectivity index (χ1v) is 7.34. The summed E-state index contributed by atoms with van der Waals surface area (Å²) in [6.45, 7) is 0. The summed E-state index contributed by atoms with van der Waals surface area (Å²) in [7, 11) is 0. The third kappa shape index (κ3) is 3.72. The molecule has 0 saturated heterocycles. The zero-order valence-electron chi connectivity index (χ0n) is 12.9. The maximum absolute atomic E-state index is 13.6. The molecule has 1 aromatic heterocycles. The number of amides is 3. The third-order valence-corrected chi connectivity index (χ3v) is 3.42. The second-order valence-corrected chi connectivity index (χ2v) is 5.15. The van der Waals surface area contributed by atoms with Crippen molar-refractivity contribution in [1.29, 1.82) is 0 Å². The molecule has 0 aliphatic heterocycles. The average Bonchev–Trinajstić information content (AvgIpc) is 3.09. The summed E-state index contributed by atoms with van der Waals surface area (Å²) < 4.78 is 28.9. The van der Waals surface area contributed by atoms with Crippen molar-refractivity contribution in [3.63, 3.8) is 0 Å². The second-order valence-electron chi connectivity index (χ2n) is 5.15. The summed E-state index contributed by atoms with van der Waals surface area (Å²) in [5.74, 6) is -3.24. The fourth-order valence-electron chi connectivity index (χ4n) is 2.29. The Bertz CT molecular complexity index is 904. The maximum atomic E-state index is 13.6. The molecule has 3 aromatic rings. The van der Waals surface area contributed by atoms with Crippen molar-refractivity contribution in [2.24, 2.45) is 0 Å². The Morgan fingerprint density at radius 1 is 0.880 bits per heavy atom. The van der Waals surface area contributed by atoms with E-state index in [1.54, 1.807) is 18.2 Å². The van der Waals surface area contributed by atoms with Gasteiger partial charge in [0, 0.05) is 23.8 Å². The number of hydrogen-bond donors (Lipinski definition) is 2. The number of benzene rings is 2. The molecule has 0 fully saturated rings. The van der Waals surface area contributed by atoms with Gasteiger partial charge in [-0.3, -0.25) is 10.1 Å². The van der Waals surface area contributed by atoms with Crippen molar-refractivity contribution in [2.75, 3.05) is 5.32 Å². The predicted octanol–water partition coefficient (Wildman–Crippen LogP) is 3.72. The van der Waals surface area contributed by atoms with E-state index in [-0.39, 0.29) is 0 Å². The van der Waals surface area contributed by atoms with Crippen LogP contribution in [0, 0.1) is 11.6 Å². The van der Waals surface area contributed by atoms with Gasteiger partial charge in [-0.15, -0.1) is 0 Å². The molecule has 5 nitrogen and oxygen atoms in total. The minimum atomic E-state index is -1.16. The molecule has 126 valence electrons. The number of carbonyl (C=O) groups excluding carboxylic acids is 2. The molecule has 0 spiro atoms. The van der Waals surface area contributed by atoms with Crippen molar-refractivity contribution < 1.29 is 18.4 Å². The van der Waals surface area contributed by atoms with Gasteiger partial charge >= 0.3 is 6.03 Å². The van der Waals surface area contributed by atoms with Gasteiger partial charge in [0.1, 0.15) is 17.2 Å². The molecule has 0 bridgehead atoms. The first-order chi connectivity index (χ1) is 12.0. The van der Waals surface area contributed by atoms with Crippen molar-refractivity contribution in [3.8, 4) is 5.69 Å². The number of imide groups is 1. The smallest absolute Gasteiger partial charge is 0.324 e. The van der Waals surface area contributed by atoms with Gasteiger partial charge in [-0.2, -0.15) is 0 Å². The van der Waals surface area contributed by atoms with Crippen molar-refractivity contribution in [3.05, 3.63) is 84.2 Å². The Labute approximate surface area is 141 Å². The summed E-state index contributed by atoms with van der Waals surface area (Å²) in [5, 5.41) is 4.36. The molecule has 1 heterocycles. The zero-order valence-corrected chi connectivity index (χ0v) is 12.9. The highest BCUT2D eigenvalue weighted by molar-refractivity contribution is 6.08. The first kappa shape index (κ1) is 16.4. The highest BCUT2D eigenvalue weighted by Crippen LogP contribution is 2.15. The number of carbonyl (C=O) groups is 2. The van der Waals surface area contributed by atoms with E-state index in [4.69, 9.17) is 0 Å². The molecule has 0 saturated carbocycles. The fourth-order valence-corrected chi connectivity index (χ4v) is 2.29. The van der Waals surface area contributed by atoms with E-state index >= 15 is 0 Å². The monoisotopic (exact) mass is 341 g/mol. The lowest BCUT2D eigenvalue weighted by Crippen LogP contribution is -2.35. The third-order valence-electron chi connectivity index (χ3n) is 3.42. The Kier molecular flexibility index (Phi) is 4.56. The quantitative estimate of drug-likeness (QED) is 0.763. The van der Waals surface area contributed by atoms with E-state index in [9.17, 15) is 18.4 Å². The molecule has 0 aliphatic rings. The van der Waals surface area contributed by atoms with Crippen LogP contribution in [0.5, 0.6) is 0 Å². The van der Waals surface area contributed by atoms with Gasteiger partial charge in [0.15, 0.2) is 0 Å². The number of nitrogens with one attached hydrogen (secondary N) is 2. The van der Waals surface area contributed by atoms with Crippen LogP contribution in [0.25, 0.3) is 5.69 Å². The van der Waals surface area contributed by atoms with Crippen LogP contribution in [0.4, 0.5) is 19.3 Å². The number of rotatable bonds is 3. The highest BCUT2D eigenvalue weighted by atomic mass is 19.1. The first-order valence-electron chi connectivity index (χ1n) is 7.34. The number of hydrogen-bond acceptors (Lipinski definition) is 2. The van der Waals surface area contributed by atoms with Gasteiger partial charge in [0.05, 0.1) is 0 Å². The lowest BCUT2D eigenvalue weighted by Gasteiger charge is -2.09. The molecule has 0 unspecified atom stereocenters. The Balaban J connectivity index is 1.71. The number of nitrogens with zero attached hydrogens (tertiary/aromatic N) is 1. The van der Waals surface area contributed by atoms with Gasteiger partial charge in [0.2, 0.25) is 0 Å². The Morgan fingerprint density at radius 2 is 1.52 bits per heavy atom. The topological polar surface area (TPSA) is 63.1 Å². The normalized spacial score (nSPS) is 10.3. The van der Waals surface area contributed by atoms with Crippen LogP contribution >= 0.6 is 0 Å². The molecule has 3 rings (SSSR count). The molecule has 2 N–H and O–H groups in total. The van der Waals surface area contributed by atoms with Gasteiger partial charge in [-0.1, -0.05) is 12.1 Å². The lowest BCUT2D eigenvalue weighted by molar-refractivity contribution is 0.0959. The zero-order chi connectivity index (χ0) is 17.8. The number of halogens is 2. The minimum absolute atomic E-state index is 0.422. The Hall–Kier alpha value is -3.48. The fraction of sp³-hybridized carbons (Fsp3) is 0. The second kappa shape index (κ2) is 6.96. The van der Waals surface area contributed by atoms with Gasteiger partial charge in [0.25, 0.3) is 5.91 Å². The minimum Gasteiger partial charge on any atom is -0.324 e. The largest absolute Gasteiger partial charge is 0.326 e. The van der Waals surface area contributed by atoms with Gasteiger partial charge in [-0.25, -0.2) is 13.6 Å². The average molecular weight is 341 g/mol. The van der Waals surface area contributed by atoms with Gasteiger partial charge in [-0.05, 0) is 42.5 Å². The summed E-state index contributed by atoms with van der Waals surface area (Å²) >= 11 is 0. The van der Waals surface area contributed by atoms with Crippen LogP contribution in [-0.2, 0) is 0 Å². The van der Waals surface area contributed by atoms with Crippen LogP contribution in [0.15, 0.2) is 67.0 Å². The van der Waals surface area contributed by atoms with Crippen LogP contribution in [-0.4, -0.2) is 16.5 Å². The number of aromatic nitrogens is 1. The van der Waals surface area contributed by atoms with Crippen molar-refractivity contribution in [1.82, 2.24) is 9.88 Å². The van der Waals surface area contributed by atoms with E-state index in [2.05, 4.69) is 5.32 Å². The van der Waals surface area contributed by atoms with E-state index < -0.39 is 29.1 Å². The van der Waals surface area contributed by atoms with E-state index in [0.29, 0.717) is 5.69 Å². The summed E-state index contributed by atoms with van der Waals surface area (Å²) in [5.41, 5.74) is 0.415. The summed E-state index contributed by atoms with van der Waals surface area (Å²) in [6, 6.07) is 12.7. The summed E-state index contributed by atoms with van der Waals surface area (Å²) in [4.78, 5) is 23.8. The van der Waals surface area contributed by atoms with Crippen LogP contribution in [0.1, 0.15) is 10.4 Å². The number of anilines is 1. The van der Waals surface area contributed by atoms with Crippen LogP contribution < -0.4 is 10.6 Å². The summed E-state index contributed by atoms with van der Waals surface area (Å²) in [6.07, 6.45) is 3.67. The van der Waals surface area contributed by atoms with E-state index in [0.717, 1.165) is 23.9 Å². The van der Waals surface area contributed by atoms with Crippen molar-refractivity contribution >= 4 is 17.6 Å². The molecule has 25 heavy (non-hydrogen) atoms. The standard InChI is InChI=1S/C18H13F2N3O2/c19-14-7-4-8-15(20)16(14)17(24)22-18(25)21-12-5-3-6-13(11-12)23-9-1-2-10-23/h1-11H,(H2,21,22,24,25). The van der Waals surface area contributed by atoms with Crippen LogP contribution in [0.2, 0.25) is 0 Å². The molecule has 7 heteroatoms. The molecule has 0 radical (unpaired) electrons. The van der Waals surface area contributed by atoms with Crippen LogP contribution in [0.3, 0.4) is 0 Å². The molecule has 3 amide bonds. The predicted molar refractivity (Wildman–Crippen MR) is 88.6 cm³/mol. The Morgan fingerprint density at radius 3 is 2.20 bits per heavy atom. The molecular weight excluding hydrogens is 328 g/mol. The SMILES string of the molecule is O=C(NC(=O)c1c(F)cccc1F)Nc1cccc(-n2cccc2)c1. The number of urea groups is 1. The van der Waals surface area contributed by atoms with Crippen molar-refractivity contribution in [2.45, 2.75) is 0 Å². The highest BCUT2D eigenvalue weighted by Gasteiger charge is 2.19.